The van der Waals surface area contributed by atoms with Gasteiger partial charge in [-0.3, -0.25) is 14.5 Å². The normalized spacial score (nSPS) is 27.4. The molecule has 1 saturated heterocycles. The Balaban J connectivity index is 2.36. The molecule has 1 fully saturated rings. The van der Waals surface area contributed by atoms with Crippen LogP contribution in [-0.2, 0) is 19.1 Å². The van der Waals surface area contributed by atoms with E-state index in [1.165, 1.54) is 23.8 Å². The predicted octanol–water partition coefficient (Wildman–Crippen LogP) is -0.885. The number of aldehydes is 1. The largest absolute Gasteiger partial charge is 0.464 e. The van der Waals surface area contributed by atoms with Crippen LogP contribution in [0.1, 0.15) is 0 Å². The fourth-order valence-corrected chi connectivity index (χ4v) is 3.31. The van der Waals surface area contributed by atoms with Gasteiger partial charge in [0.05, 0.1) is 7.11 Å². The maximum atomic E-state index is 11.8. The summed E-state index contributed by atoms with van der Waals surface area (Å²) in [6.07, 6.45) is 0.607. The summed E-state index contributed by atoms with van der Waals surface area (Å²) in [6.45, 7) is 0. The lowest BCUT2D eigenvalue weighted by Gasteiger charge is -2.49. The number of methoxy groups -OCH3 is 1. The zero-order chi connectivity index (χ0) is 12.6. The van der Waals surface area contributed by atoms with Gasteiger partial charge in [0.25, 0.3) is 0 Å². The quantitative estimate of drug-likeness (QED) is 0.401. The van der Waals surface area contributed by atoms with Crippen molar-refractivity contribution in [3.63, 3.8) is 0 Å². The number of ether oxygens (including phenoxy) is 1. The first-order chi connectivity index (χ1) is 8.15. The number of rotatable bonds is 3. The van der Waals surface area contributed by atoms with Crippen LogP contribution in [-0.4, -0.2) is 54.4 Å². The molecule has 17 heavy (non-hydrogen) atoms. The minimum absolute atomic E-state index is 0.0859. The molecule has 0 spiro atoms. The first kappa shape index (κ1) is 12.1. The Hall–Kier alpha value is -1.34. The van der Waals surface area contributed by atoms with E-state index in [1.807, 2.05) is 0 Å². The zero-order valence-corrected chi connectivity index (χ0v) is 10.2. The number of hydrogen-bond acceptors (Lipinski definition) is 6. The third-order valence-corrected chi connectivity index (χ3v) is 4.13. The monoisotopic (exact) mass is 256 g/mol. The molecule has 1 amide bonds. The highest BCUT2D eigenvalue weighted by Crippen LogP contribution is 2.39. The van der Waals surface area contributed by atoms with Crippen LogP contribution in [0.4, 0.5) is 0 Å². The molecule has 0 aromatic rings. The van der Waals surface area contributed by atoms with Gasteiger partial charge in [0.15, 0.2) is 0 Å². The van der Waals surface area contributed by atoms with Crippen molar-refractivity contribution in [3.05, 3.63) is 11.3 Å². The van der Waals surface area contributed by atoms with Crippen molar-refractivity contribution in [2.24, 2.45) is 0 Å². The van der Waals surface area contributed by atoms with E-state index in [0.29, 0.717) is 17.6 Å². The number of esters is 1. The van der Waals surface area contributed by atoms with Gasteiger partial charge >= 0.3 is 5.97 Å². The Morgan fingerprint density at radius 2 is 2.35 bits per heavy atom. The van der Waals surface area contributed by atoms with Gasteiger partial charge in [-0.05, 0) is 7.05 Å². The second-order valence-electron chi connectivity index (χ2n) is 3.66. The van der Waals surface area contributed by atoms with Gasteiger partial charge in [0.2, 0.25) is 5.91 Å². The van der Waals surface area contributed by atoms with Crippen LogP contribution in [0.5, 0.6) is 0 Å². The lowest BCUT2D eigenvalue weighted by atomic mass is 10.0. The molecule has 0 aliphatic carbocycles. The van der Waals surface area contributed by atoms with E-state index in [-0.39, 0.29) is 23.0 Å². The maximum Gasteiger partial charge on any atom is 0.355 e. The van der Waals surface area contributed by atoms with Gasteiger partial charge in [0.1, 0.15) is 23.4 Å². The van der Waals surface area contributed by atoms with Crippen LogP contribution in [0.15, 0.2) is 11.3 Å². The molecule has 0 aromatic heterocycles. The van der Waals surface area contributed by atoms with Crippen LogP contribution in [0.2, 0.25) is 0 Å². The highest BCUT2D eigenvalue weighted by atomic mass is 32.2. The number of β-lactam (4-membered cyclic amide) rings is 1. The van der Waals surface area contributed by atoms with Crippen molar-refractivity contribution < 1.29 is 19.1 Å². The first-order valence-electron chi connectivity index (χ1n) is 5.04. The molecule has 1 N–H and O–H groups in total. The summed E-state index contributed by atoms with van der Waals surface area (Å²) in [5.41, 5.74) is 0.392. The fourth-order valence-electron chi connectivity index (χ4n) is 1.95. The maximum absolute atomic E-state index is 11.8. The third kappa shape index (κ3) is 1.66. The molecule has 0 radical (unpaired) electrons. The van der Waals surface area contributed by atoms with Crippen LogP contribution in [0, 0.1) is 0 Å². The molecular formula is C10H12N2O4S. The number of likely N-dealkylation sites (N-methyl/N-ethyl adjacent to an activating group) is 1. The van der Waals surface area contributed by atoms with Crippen molar-refractivity contribution in [2.45, 2.75) is 11.4 Å². The van der Waals surface area contributed by atoms with Crippen molar-refractivity contribution in [1.82, 2.24) is 10.2 Å². The summed E-state index contributed by atoms with van der Waals surface area (Å²) >= 11 is 1.46. The van der Waals surface area contributed by atoms with Crippen LogP contribution in [0.3, 0.4) is 0 Å². The number of nitrogens with one attached hydrogen (secondary N) is 1. The summed E-state index contributed by atoms with van der Waals surface area (Å²) in [5, 5.41) is 2.75. The lowest BCUT2D eigenvalue weighted by molar-refractivity contribution is -0.150. The second kappa shape index (κ2) is 4.50. The highest BCUT2D eigenvalue weighted by Gasteiger charge is 2.53. The van der Waals surface area contributed by atoms with Crippen LogP contribution >= 0.6 is 11.8 Å². The molecule has 2 heterocycles. The van der Waals surface area contributed by atoms with Crippen molar-refractivity contribution in [2.75, 3.05) is 19.9 Å². The number of carbonyl (C=O) groups excluding carboxylic acids is 3. The number of nitrogens with zero attached hydrogens (tertiary/aromatic N) is 1. The molecule has 2 unspecified atom stereocenters. The minimum Gasteiger partial charge on any atom is -0.464 e. The standard InChI is InChI=1S/C10H12N2O4S/c1-11-6-8(14)12-7(10(15)16-2)5(3-13)4-17-9(6)12/h3,6,9,11H,4H2,1-2H3. The van der Waals surface area contributed by atoms with Gasteiger partial charge in [-0.1, -0.05) is 0 Å². The molecule has 92 valence electrons. The lowest BCUT2D eigenvalue weighted by Crippen LogP contribution is -2.69. The molecule has 0 aromatic carbocycles. The number of hydrogen-bond donors (Lipinski definition) is 1. The number of carbonyl (C=O) groups is 3. The van der Waals surface area contributed by atoms with Gasteiger partial charge in [0, 0.05) is 11.3 Å². The number of fused-ring (bicyclic) bond motifs is 1. The Kier molecular flexibility index (Phi) is 3.21. The van der Waals surface area contributed by atoms with E-state index in [0.717, 1.165) is 0 Å². The molecule has 7 heteroatoms. The summed E-state index contributed by atoms with van der Waals surface area (Å²) in [6, 6.07) is -0.298. The summed E-state index contributed by atoms with van der Waals surface area (Å²) < 4.78 is 4.61. The molecule has 2 atom stereocenters. The molecular weight excluding hydrogens is 244 g/mol. The Morgan fingerprint density at radius 1 is 1.65 bits per heavy atom. The molecule has 2 aliphatic heterocycles. The second-order valence-corrected chi connectivity index (χ2v) is 4.76. The van der Waals surface area contributed by atoms with E-state index >= 15 is 0 Å². The summed E-state index contributed by atoms with van der Waals surface area (Å²) in [5.74, 6) is -0.426. The fraction of sp³-hybridized carbons (Fsp3) is 0.500. The van der Waals surface area contributed by atoms with Gasteiger partial charge in [-0.25, -0.2) is 4.79 Å². The zero-order valence-electron chi connectivity index (χ0n) is 9.43. The Labute approximate surface area is 102 Å². The molecule has 6 nitrogen and oxygen atoms in total. The van der Waals surface area contributed by atoms with Crippen LogP contribution in [0.25, 0.3) is 0 Å². The smallest absolute Gasteiger partial charge is 0.355 e. The van der Waals surface area contributed by atoms with Gasteiger partial charge in [-0.15, -0.1) is 11.8 Å². The average Bonchev–Trinajstić information content (AvgIpc) is 2.36. The molecule has 0 saturated carbocycles. The van der Waals surface area contributed by atoms with E-state index in [1.54, 1.807) is 7.05 Å². The van der Waals surface area contributed by atoms with Gasteiger partial charge in [-0.2, -0.15) is 0 Å². The van der Waals surface area contributed by atoms with E-state index in [9.17, 15) is 14.4 Å². The number of amides is 1. The molecule has 2 rings (SSSR count). The van der Waals surface area contributed by atoms with Crippen molar-refractivity contribution in [1.29, 1.82) is 0 Å². The predicted molar refractivity (Wildman–Crippen MR) is 61.0 cm³/mol. The topological polar surface area (TPSA) is 75.7 Å². The minimum atomic E-state index is -0.639. The van der Waals surface area contributed by atoms with E-state index in [2.05, 4.69) is 10.1 Å². The first-order valence-corrected chi connectivity index (χ1v) is 6.09. The van der Waals surface area contributed by atoms with Gasteiger partial charge < -0.3 is 10.1 Å². The summed E-state index contributed by atoms with van der Waals surface area (Å²) in [7, 11) is 2.92. The Morgan fingerprint density at radius 3 is 2.88 bits per heavy atom. The SMILES string of the molecule is CNC1C(=O)N2C(C(=O)OC)=C(C=O)CSC12. The average molecular weight is 256 g/mol. The van der Waals surface area contributed by atoms with E-state index < -0.39 is 5.97 Å². The molecule has 2 aliphatic rings. The van der Waals surface area contributed by atoms with Crippen molar-refractivity contribution in [3.8, 4) is 0 Å². The Bertz CT molecular complexity index is 421. The van der Waals surface area contributed by atoms with Crippen LogP contribution < -0.4 is 5.32 Å². The third-order valence-electron chi connectivity index (χ3n) is 2.83. The highest BCUT2D eigenvalue weighted by molar-refractivity contribution is 8.00. The molecule has 0 bridgehead atoms. The summed E-state index contributed by atoms with van der Waals surface area (Å²) in [4.78, 5) is 35.6. The van der Waals surface area contributed by atoms with Crippen molar-refractivity contribution >= 4 is 29.9 Å². The number of thioether (sulfide) groups is 1. The van der Waals surface area contributed by atoms with E-state index in [4.69, 9.17) is 0 Å².